The highest BCUT2D eigenvalue weighted by atomic mass is 16.6. The maximum Gasteiger partial charge on any atom is 0.409 e. The Morgan fingerprint density at radius 1 is 1.00 bits per heavy atom. The van der Waals surface area contributed by atoms with E-state index in [1.54, 1.807) is 0 Å². The van der Waals surface area contributed by atoms with Gasteiger partial charge in [0.2, 0.25) is 0 Å². The van der Waals surface area contributed by atoms with Crippen LogP contribution in [0, 0.1) is 11.8 Å². The lowest BCUT2D eigenvalue weighted by molar-refractivity contribution is 0.112. The van der Waals surface area contributed by atoms with Gasteiger partial charge in [-0.1, -0.05) is 78.1 Å². The Morgan fingerprint density at radius 2 is 1.61 bits per heavy atom. The van der Waals surface area contributed by atoms with E-state index in [4.69, 9.17) is 4.74 Å². The monoisotopic (exact) mass is 325 g/mol. The van der Waals surface area contributed by atoms with Crippen LogP contribution in [0.1, 0.15) is 91.4 Å². The molecule has 0 saturated carbocycles. The molecule has 0 bridgehead atoms. The molecule has 1 aliphatic heterocycles. The van der Waals surface area contributed by atoms with Gasteiger partial charge in [-0.25, -0.2) is 4.79 Å². The number of likely N-dealkylation sites (tertiary alicyclic amines) is 1. The first kappa shape index (κ1) is 20.3. The van der Waals surface area contributed by atoms with Crippen molar-refractivity contribution in [1.82, 2.24) is 4.90 Å². The molecule has 0 spiro atoms. The zero-order valence-corrected chi connectivity index (χ0v) is 15.8. The lowest BCUT2D eigenvalue weighted by atomic mass is 9.83. The maximum absolute atomic E-state index is 11.9. The molecule has 0 N–H and O–H groups in total. The zero-order chi connectivity index (χ0) is 16.9. The third-order valence-corrected chi connectivity index (χ3v) is 5.27. The molecule has 3 nitrogen and oxygen atoms in total. The predicted octanol–water partition coefficient (Wildman–Crippen LogP) is 6.02. The molecule has 0 aromatic heterocycles. The highest BCUT2D eigenvalue weighted by Crippen LogP contribution is 2.32. The molecular formula is C20H39NO2. The molecule has 1 unspecified atom stereocenters. The SMILES string of the molecule is CCCCCCC(CCCCCC)C1CCN(C(=O)OCC)C1. The number of amides is 1. The van der Waals surface area contributed by atoms with Crippen LogP contribution in [0.25, 0.3) is 0 Å². The number of carbonyl (C=O) groups is 1. The van der Waals surface area contributed by atoms with Crippen molar-refractivity contribution in [2.24, 2.45) is 11.8 Å². The highest BCUT2D eigenvalue weighted by Gasteiger charge is 2.31. The summed E-state index contributed by atoms with van der Waals surface area (Å²) in [6, 6.07) is 0. The number of ether oxygens (including phenoxy) is 1. The van der Waals surface area contributed by atoms with Crippen LogP contribution in [-0.2, 0) is 4.74 Å². The van der Waals surface area contributed by atoms with Gasteiger partial charge in [0.05, 0.1) is 6.61 Å². The van der Waals surface area contributed by atoms with E-state index in [2.05, 4.69) is 13.8 Å². The Balaban J connectivity index is 2.41. The maximum atomic E-state index is 11.9. The molecule has 0 aliphatic carbocycles. The highest BCUT2D eigenvalue weighted by molar-refractivity contribution is 5.67. The van der Waals surface area contributed by atoms with Crippen molar-refractivity contribution in [1.29, 1.82) is 0 Å². The van der Waals surface area contributed by atoms with Crippen molar-refractivity contribution < 1.29 is 9.53 Å². The van der Waals surface area contributed by atoms with Gasteiger partial charge < -0.3 is 9.64 Å². The lowest BCUT2D eigenvalue weighted by Gasteiger charge is -2.24. The molecule has 1 aliphatic rings. The van der Waals surface area contributed by atoms with Gasteiger partial charge in [0.25, 0.3) is 0 Å². The van der Waals surface area contributed by atoms with Crippen LogP contribution in [0.5, 0.6) is 0 Å². The standard InChI is InChI=1S/C20H39NO2/c1-4-7-9-11-13-18(14-12-10-8-5-2)19-15-16-21(17-19)20(22)23-6-3/h18-19H,4-17H2,1-3H3. The van der Waals surface area contributed by atoms with E-state index in [1.165, 1.54) is 70.6 Å². The van der Waals surface area contributed by atoms with Crippen LogP contribution >= 0.6 is 0 Å². The predicted molar refractivity (Wildman–Crippen MR) is 97.7 cm³/mol. The average molecular weight is 326 g/mol. The van der Waals surface area contributed by atoms with Crippen molar-refractivity contribution >= 4 is 6.09 Å². The summed E-state index contributed by atoms with van der Waals surface area (Å²) in [4.78, 5) is 13.8. The molecule has 1 saturated heterocycles. The van der Waals surface area contributed by atoms with E-state index < -0.39 is 0 Å². The van der Waals surface area contributed by atoms with Crippen LogP contribution < -0.4 is 0 Å². The number of rotatable bonds is 12. The number of hydrogen-bond donors (Lipinski definition) is 0. The van der Waals surface area contributed by atoms with Crippen molar-refractivity contribution in [3.05, 3.63) is 0 Å². The van der Waals surface area contributed by atoms with E-state index in [1.807, 2.05) is 11.8 Å². The molecule has 1 heterocycles. The van der Waals surface area contributed by atoms with Gasteiger partial charge >= 0.3 is 6.09 Å². The minimum absolute atomic E-state index is 0.106. The fourth-order valence-corrected chi connectivity index (χ4v) is 3.84. The van der Waals surface area contributed by atoms with E-state index in [0.29, 0.717) is 12.5 Å². The van der Waals surface area contributed by atoms with Crippen molar-refractivity contribution in [2.45, 2.75) is 91.4 Å². The van der Waals surface area contributed by atoms with Crippen molar-refractivity contribution in [2.75, 3.05) is 19.7 Å². The minimum Gasteiger partial charge on any atom is -0.450 e. The van der Waals surface area contributed by atoms with Gasteiger partial charge in [-0.3, -0.25) is 0 Å². The van der Waals surface area contributed by atoms with Gasteiger partial charge in [0.1, 0.15) is 0 Å². The second-order valence-electron chi connectivity index (χ2n) is 7.15. The number of unbranched alkanes of at least 4 members (excludes halogenated alkanes) is 6. The number of carbonyl (C=O) groups excluding carboxylic acids is 1. The zero-order valence-electron chi connectivity index (χ0n) is 15.8. The number of nitrogens with zero attached hydrogens (tertiary/aromatic N) is 1. The normalized spacial score (nSPS) is 17.9. The Labute approximate surface area is 144 Å². The first-order valence-corrected chi connectivity index (χ1v) is 10.1. The Bertz CT molecular complexity index is 294. The molecule has 0 aromatic carbocycles. The largest absolute Gasteiger partial charge is 0.450 e. The van der Waals surface area contributed by atoms with Crippen LogP contribution in [0.4, 0.5) is 4.79 Å². The summed E-state index contributed by atoms with van der Waals surface area (Å²) in [5.74, 6) is 1.51. The summed E-state index contributed by atoms with van der Waals surface area (Å²) >= 11 is 0. The van der Waals surface area contributed by atoms with Gasteiger partial charge in [0, 0.05) is 13.1 Å². The molecule has 0 aromatic rings. The van der Waals surface area contributed by atoms with Gasteiger partial charge in [-0.05, 0) is 25.2 Å². The fraction of sp³-hybridized carbons (Fsp3) is 0.950. The van der Waals surface area contributed by atoms with Crippen LogP contribution in [0.3, 0.4) is 0 Å². The smallest absolute Gasteiger partial charge is 0.409 e. The molecule has 136 valence electrons. The van der Waals surface area contributed by atoms with Crippen molar-refractivity contribution in [3.63, 3.8) is 0 Å². The van der Waals surface area contributed by atoms with Gasteiger partial charge in [0.15, 0.2) is 0 Å². The van der Waals surface area contributed by atoms with E-state index in [9.17, 15) is 4.79 Å². The van der Waals surface area contributed by atoms with Crippen molar-refractivity contribution in [3.8, 4) is 0 Å². The summed E-state index contributed by atoms with van der Waals surface area (Å²) in [7, 11) is 0. The summed E-state index contributed by atoms with van der Waals surface area (Å²) in [6.07, 6.45) is 14.6. The Kier molecular flexibility index (Phi) is 11.2. The average Bonchev–Trinajstić information content (AvgIpc) is 3.03. The molecule has 3 heteroatoms. The molecular weight excluding hydrogens is 286 g/mol. The third kappa shape index (κ3) is 8.08. The van der Waals surface area contributed by atoms with Gasteiger partial charge in [-0.2, -0.15) is 0 Å². The second kappa shape index (κ2) is 12.7. The molecule has 1 rings (SSSR count). The van der Waals surface area contributed by atoms with E-state index >= 15 is 0 Å². The van der Waals surface area contributed by atoms with Crippen LogP contribution in [-0.4, -0.2) is 30.7 Å². The third-order valence-electron chi connectivity index (χ3n) is 5.27. The molecule has 23 heavy (non-hydrogen) atoms. The van der Waals surface area contributed by atoms with E-state index in [0.717, 1.165) is 19.0 Å². The molecule has 1 fully saturated rings. The Hall–Kier alpha value is -0.730. The minimum atomic E-state index is -0.106. The Morgan fingerprint density at radius 3 is 2.13 bits per heavy atom. The molecule has 0 radical (unpaired) electrons. The molecule has 1 amide bonds. The fourth-order valence-electron chi connectivity index (χ4n) is 3.84. The first-order chi connectivity index (χ1) is 11.2. The first-order valence-electron chi connectivity index (χ1n) is 10.1. The summed E-state index contributed by atoms with van der Waals surface area (Å²) in [5.41, 5.74) is 0. The lowest BCUT2D eigenvalue weighted by Crippen LogP contribution is -2.30. The topological polar surface area (TPSA) is 29.5 Å². The van der Waals surface area contributed by atoms with Gasteiger partial charge in [-0.15, -0.1) is 0 Å². The van der Waals surface area contributed by atoms with E-state index in [-0.39, 0.29) is 6.09 Å². The number of hydrogen-bond acceptors (Lipinski definition) is 2. The van der Waals surface area contributed by atoms with Crippen LogP contribution in [0.15, 0.2) is 0 Å². The summed E-state index contributed by atoms with van der Waals surface area (Å²) in [6.45, 7) is 8.73. The summed E-state index contributed by atoms with van der Waals surface area (Å²) in [5, 5.41) is 0. The van der Waals surface area contributed by atoms with Crippen LogP contribution in [0.2, 0.25) is 0 Å². The molecule has 1 atom stereocenters. The quantitative estimate of drug-likeness (QED) is 0.410. The second-order valence-corrected chi connectivity index (χ2v) is 7.15. The summed E-state index contributed by atoms with van der Waals surface area (Å²) < 4.78 is 5.17.